The molecule has 1 amide bonds. The second-order valence-electron chi connectivity index (χ2n) is 8.57. The van der Waals surface area contributed by atoms with Crippen LogP contribution in [-0.4, -0.2) is 39.7 Å². The highest BCUT2D eigenvalue weighted by Gasteiger charge is 2.28. The Hall–Kier alpha value is -3.99. The van der Waals surface area contributed by atoms with E-state index in [9.17, 15) is 10.1 Å². The molecule has 166 valence electrons. The van der Waals surface area contributed by atoms with Gasteiger partial charge in [0.15, 0.2) is 0 Å². The lowest BCUT2D eigenvalue weighted by atomic mass is 10.1. The van der Waals surface area contributed by atoms with Crippen molar-refractivity contribution in [3.63, 3.8) is 0 Å². The fraction of sp³-hybridized carbons (Fsp3) is 0.320. The zero-order valence-corrected chi connectivity index (χ0v) is 18.7. The number of anilines is 1. The molecule has 33 heavy (non-hydrogen) atoms. The Labute approximate surface area is 192 Å². The first kappa shape index (κ1) is 20.9. The molecule has 0 radical (unpaired) electrons. The molecule has 8 nitrogen and oxygen atoms in total. The van der Waals surface area contributed by atoms with Crippen molar-refractivity contribution in [3.05, 3.63) is 59.4 Å². The Bertz CT molecular complexity index is 1300. The monoisotopic (exact) mass is 440 g/mol. The maximum absolute atomic E-state index is 13.3. The number of benzene rings is 1. The lowest BCUT2D eigenvalue weighted by molar-refractivity contribution is 0.100. The van der Waals surface area contributed by atoms with Gasteiger partial charge in [-0.3, -0.25) is 4.79 Å². The number of nitriles is 1. The van der Waals surface area contributed by atoms with Crippen LogP contribution in [0, 0.1) is 17.2 Å². The van der Waals surface area contributed by atoms with Gasteiger partial charge in [-0.1, -0.05) is 25.1 Å². The maximum Gasteiger partial charge on any atom is 0.278 e. The number of hydrogen-bond donors (Lipinski definition) is 0. The molecule has 1 aromatic carbocycles. The average Bonchev–Trinajstić information content (AvgIpc) is 3.35. The predicted molar refractivity (Wildman–Crippen MR) is 124 cm³/mol. The van der Waals surface area contributed by atoms with Crippen molar-refractivity contribution in [1.29, 1.82) is 5.26 Å². The number of amidine groups is 1. The molecule has 8 heteroatoms. The van der Waals surface area contributed by atoms with Gasteiger partial charge in [0.2, 0.25) is 5.88 Å². The number of carbonyl (C=O) groups excluding carboxylic acids is 1. The number of pyridine rings is 1. The van der Waals surface area contributed by atoms with Crippen LogP contribution in [0.5, 0.6) is 5.88 Å². The van der Waals surface area contributed by atoms with Gasteiger partial charge in [-0.2, -0.15) is 15.4 Å². The number of ether oxygens (including phenoxy) is 1. The first-order chi connectivity index (χ1) is 16.0. The van der Waals surface area contributed by atoms with E-state index in [4.69, 9.17) is 4.74 Å². The van der Waals surface area contributed by atoms with Crippen molar-refractivity contribution in [2.24, 2.45) is 18.0 Å². The van der Waals surface area contributed by atoms with Gasteiger partial charge >= 0.3 is 0 Å². The standard InChI is InChI=1S/C25H24N6O2/c1-16-6-5-9-33-25-20(14-27-30(25)2)21-11-18(10-19(13-26)28-21)24(32)29-23-12-17-7-3-4-8-22(17)31(23)15-16/h3-4,7-8,10-11,14,16H,5-6,9,12,15H2,1-2H3/t16-/m1/s1. The van der Waals surface area contributed by atoms with Crippen molar-refractivity contribution in [1.82, 2.24) is 14.8 Å². The summed E-state index contributed by atoms with van der Waals surface area (Å²) in [5.74, 6) is 1.29. The fourth-order valence-electron chi connectivity index (χ4n) is 4.44. The molecule has 0 N–H and O–H groups in total. The van der Waals surface area contributed by atoms with Crippen LogP contribution in [0.3, 0.4) is 0 Å². The van der Waals surface area contributed by atoms with Gasteiger partial charge < -0.3 is 9.64 Å². The lowest BCUT2D eigenvalue weighted by Crippen LogP contribution is -2.32. The summed E-state index contributed by atoms with van der Waals surface area (Å²) >= 11 is 0. The number of hydrogen-bond acceptors (Lipinski definition) is 6. The lowest BCUT2D eigenvalue weighted by Gasteiger charge is -2.24. The molecule has 2 aliphatic heterocycles. The highest BCUT2D eigenvalue weighted by molar-refractivity contribution is 6.12. The number of carbonyl (C=O) groups is 1. The molecule has 0 saturated heterocycles. The number of fused-ring (bicyclic) bond motifs is 7. The molecule has 2 aliphatic rings. The molecule has 2 aromatic heterocycles. The van der Waals surface area contributed by atoms with E-state index >= 15 is 0 Å². The summed E-state index contributed by atoms with van der Waals surface area (Å²) in [5.41, 5.74) is 3.84. The van der Waals surface area contributed by atoms with E-state index in [0.717, 1.165) is 36.5 Å². The number of para-hydroxylation sites is 1. The summed E-state index contributed by atoms with van der Waals surface area (Å²) in [6, 6.07) is 13.4. The highest BCUT2D eigenvalue weighted by atomic mass is 16.5. The Morgan fingerprint density at radius 3 is 2.94 bits per heavy atom. The van der Waals surface area contributed by atoms with Gasteiger partial charge in [0.05, 0.1) is 24.1 Å². The summed E-state index contributed by atoms with van der Waals surface area (Å²) in [6.07, 6.45) is 4.10. The van der Waals surface area contributed by atoms with Crippen LogP contribution in [0.2, 0.25) is 0 Å². The van der Waals surface area contributed by atoms with E-state index in [2.05, 4.69) is 45.1 Å². The Morgan fingerprint density at radius 2 is 2.09 bits per heavy atom. The average molecular weight is 441 g/mol. The van der Waals surface area contributed by atoms with Crippen LogP contribution >= 0.6 is 0 Å². The van der Waals surface area contributed by atoms with Crippen LogP contribution in [0.25, 0.3) is 11.3 Å². The first-order valence-electron chi connectivity index (χ1n) is 11.1. The minimum absolute atomic E-state index is 0.148. The second kappa shape index (κ2) is 8.51. The predicted octanol–water partition coefficient (Wildman–Crippen LogP) is 3.76. The molecular formula is C25H24N6O2. The van der Waals surface area contributed by atoms with E-state index in [1.54, 1.807) is 24.0 Å². The SMILES string of the molecule is C[C@@H]1CCCOc2c(cnn2C)-c2cc(cc(C#N)n2)C(=O)N=C2Cc3ccccc3N2C1. The number of aryl methyl sites for hydroxylation is 1. The molecule has 0 unspecified atom stereocenters. The zero-order chi connectivity index (χ0) is 22.9. The molecule has 5 rings (SSSR count). The summed E-state index contributed by atoms with van der Waals surface area (Å²) in [6.45, 7) is 3.52. The first-order valence-corrected chi connectivity index (χ1v) is 11.1. The third kappa shape index (κ3) is 3.98. The largest absolute Gasteiger partial charge is 0.477 e. The quantitative estimate of drug-likeness (QED) is 0.528. The molecule has 2 bridgehead atoms. The fourth-order valence-corrected chi connectivity index (χ4v) is 4.44. The van der Waals surface area contributed by atoms with Gasteiger partial charge in [-0.15, -0.1) is 0 Å². The summed E-state index contributed by atoms with van der Waals surface area (Å²) in [7, 11) is 1.80. The summed E-state index contributed by atoms with van der Waals surface area (Å²) < 4.78 is 7.72. The number of amides is 1. The topological polar surface area (TPSA) is 96.4 Å². The van der Waals surface area contributed by atoms with Gasteiger partial charge in [0.25, 0.3) is 5.91 Å². The number of aromatic nitrogens is 3. The van der Waals surface area contributed by atoms with E-state index in [1.807, 2.05) is 12.1 Å². The normalized spacial score (nSPS) is 18.1. The molecule has 4 heterocycles. The zero-order valence-electron chi connectivity index (χ0n) is 18.7. The second-order valence-corrected chi connectivity index (χ2v) is 8.57. The van der Waals surface area contributed by atoms with Crippen LogP contribution in [-0.2, 0) is 13.5 Å². The Morgan fingerprint density at radius 1 is 1.24 bits per heavy atom. The van der Waals surface area contributed by atoms with Crippen molar-refractivity contribution in [2.45, 2.75) is 26.2 Å². The Balaban J connectivity index is 1.62. The van der Waals surface area contributed by atoms with Crippen molar-refractivity contribution >= 4 is 17.4 Å². The smallest absolute Gasteiger partial charge is 0.278 e. The van der Waals surface area contributed by atoms with Crippen LogP contribution in [0.1, 0.15) is 41.4 Å². The summed E-state index contributed by atoms with van der Waals surface area (Å²) in [4.78, 5) is 24.4. The van der Waals surface area contributed by atoms with Crippen LogP contribution in [0.15, 0.2) is 47.6 Å². The van der Waals surface area contributed by atoms with Crippen LogP contribution in [0.4, 0.5) is 5.69 Å². The van der Waals surface area contributed by atoms with Crippen molar-refractivity contribution < 1.29 is 9.53 Å². The summed E-state index contributed by atoms with van der Waals surface area (Å²) in [5, 5.41) is 13.8. The minimum atomic E-state index is -0.392. The molecule has 3 aromatic rings. The molecule has 0 fully saturated rings. The molecule has 0 saturated carbocycles. The molecule has 0 aliphatic carbocycles. The highest BCUT2D eigenvalue weighted by Crippen LogP contribution is 2.32. The van der Waals surface area contributed by atoms with E-state index < -0.39 is 5.91 Å². The van der Waals surface area contributed by atoms with E-state index in [-0.39, 0.29) is 5.69 Å². The number of nitrogens with zero attached hydrogens (tertiary/aromatic N) is 6. The Kier molecular flexibility index (Phi) is 5.38. The number of aliphatic imine (C=N–C) groups is 1. The number of rotatable bonds is 0. The van der Waals surface area contributed by atoms with Crippen LogP contribution < -0.4 is 9.64 Å². The third-order valence-corrected chi connectivity index (χ3v) is 6.09. The third-order valence-electron chi connectivity index (χ3n) is 6.09. The minimum Gasteiger partial charge on any atom is -0.477 e. The van der Waals surface area contributed by atoms with Crippen molar-refractivity contribution in [2.75, 3.05) is 18.1 Å². The van der Waals surface area contributed by atoms with Gasteiger partial charge in [0.1, 0.15) is 17.6 Å². The molecular weight excluding hydrogens is 416 g/mol. The molecule has 0 spiro atoms. The van der Waals surface area contributed by atoms with E-state index in [1.165, 1.54) is 6.07 Å². The maximum atomic E-state index is 13.3. The van der Waals surface area contributed by atoms with E-state index in [0.29, 0.717) is 41.6 Å². The van der Waals surface area contributed by atoms with Gasteiger partial charge in [-0.05, 0) is 42.5 Å². The van der Waals surface area contributed by atoms with Crippen molar-refractivity contribution in [3.8, 4) is 23.2 Å². The molecule has 1 atom stereocenters. The van der Waals surface area contributed by atoms with Gasteiger partial charge in [-0.25, -0.2) is 9.67 Å². The van der Waals surface area contributed by atoms with Gasteiger partial charge in [0, 0.05) is 31.3 Å².